The summed E-state index contributed by atoms with van der Waals surface area (Å²) in [5, 5.41) is 2.89. The third-order valence-electron chi connectivity index (χ3n) is 4.47. The number of nitrogens with one attached hydrogen (secondary N) is 1. The zero-order valence-electron chi connectivity index (χ0n) is 16.1. The number of ether oxygens (including phenoxy) is 1. The second kappa shape index (κ2) is 9.47. The van der Waals surface area contributed by atoms with E-state index in [0.717, 1.165) is 4.90 Å². The minimum absolute atomic E-state index is 0.117. The Morgan fingerprint density at radius 1 is 1.21 bits per heavy atom. The molecule has 1 aliphatic heterocycles. The maximum atomic E-state index is 12.8. The Labute approximate surface area is 173 Å². The van der Waals surface area contributed by atoms with E-state index in [4.69, 9.17) is 10.5 Å². The lowest BCUT2D eigenvalue weighted by molar-refractivity contribution is -0.122. The summed E-state index contributed by atoms with van der Waals surface area (Å²) in [5.74, 6) is -0.516. The summed E-state index contributed by atoms with van der Waals surface area (Å²) in [6.45, 7) is 2.65. The number of benzene rings is 2. The third kappa shape index (κ3) is 5.08. The number of nitrogens with two attached hydrogens (primary N) is 1. The fourth-order valence-electron chi connectivity index (χ4n) is 3.15. The van der Waals surface area contributed by atoms with Crippen molar-refractivity contribution in [3.63, 3.8) is 0 Å². The van der Waals surface area contributed by atoms with Crippen LogP contribution in [0.25, 0.3) is 0 Å². The van der Waals surface area contributed by atoms with Crippen LogP contribution in [-0.2, 0) is 14.4 Å². The Kier molecular flexibility index (Phi) is 6.77. The number of hydrogen-bond acceptors (Lipinski definition) is 5. The molecule has 0 aliphatic carbocycles. The van der Waals surface area contributed by atoms with Crippen molar-refractivity contribution in [3.05, 3.63) is 48.5 Å². The second-order valence-electron chi connectivity index (χ2n) is 6.55. The maximum Gasteiger partial charge on any atom is 0.229 e. The SMILES string of the molecule is CCOc1ccccc1N1CC(C(=O)Nc2ccccc2SCC(N)=O)CC1=O. The molecule has 0 radical (unpaired) electrons. The van der Waals surface area contributed by atoms with E-state index in [-0.39, 0.29) is 30.5 Å². The van der Waals surface area contributed by atoms with Crippen LogP contribution in [0, 0.1) is 5.92 Å². The molecule has 7 nitrogen and oxygen atoms in total. The number of hydrogen-bond donors (Lipinski definition) is 2. The number of para-hydroxylation sites is 3. The van der Waals surface area contributed by atoms with Gasteiger partial charge in [0.1, 0.15) is 5.75 Å². The summed E-state index contributed by atoms with van der Waals surface area (Å²) >= 11 is 1.26. The lowest BCUT2D eigenvalue weighted by Gasteiger charge is -2.20. The minimum Gasteiger partial charge on any atom is -0.492 e. The van der Waals surface area contributed by atoms with Gasteiger partial charge >= 0.3 is 0 Å². The predicted octanol–water partition coefficient (Wildman–Crippen LogP) is 2.65. The summed E-state index contributed by atoms with van der Waals surface area (Å²) in [5.41, 5.74) is 6.48. The number of anilines is 2. The van der Waals surface area contributed by atoms with Gasteiger partial charge in [-0.1, -0.05) is 24.3 Å². The van der Waals surface area contributed by atoms with E-state index in [2.05, 4.69) is 5.32 Å². The largest absolute Gasteiger partial charge is 0.492 e. The number of rotatable bonds is 8. The van der Waals surface area contributed by atoms with Crippen LogP contribution in [0.5, 0.6) is 5.75 Å². The highest BCUT2D eigenvalue weighted by Crippen LogP contribution is 2.34. The average molecular weight is 413 g/mol. The van der Waals surface area contributed by atoms with E-state index in [0.29, 0.717) is 23.7 Å². The summed E-state index contributed by atoms with van der Waals surface area (Å²) in [6, 6.07) is 14.5. The Bertz CT molecular complexity index is 918. The van der Waals surface area contributed by atoms with Crippen LogP contribution in [-0.4, -0.2) is 36.6 Å². The van der Waals surface area contributed by atoms with Crippen molar-refractivity contribution in [2.24, 2.45) is 11.7 Å². The molecule has 3 N–H and O–H groups in total. The van der Waals surface area contributed by atoms with Crippen molar-refractivity contribution >= 4 is 40.9 Å². The molecule has 1 atom stereocenters. The van der Waals surface area contributed by atoms with Crippen molar-refractivity contribution in [2.75, 3.05) is 29.1 Å². The van der Waals surface area contributed by atoms with Gasteiger partial charge in [0.2, 0.25) is 17.7 Å². The number of carbonyl (C=O) groups is 3. The van der Waals surface area contributed by atoms with E-state index in [1.807, 2.05) is 43.3 Å². The molecule has 0 spiro atoms. The predicted molar refractivity (Wildman–Crippen MR) is 113 cm³/mol. The summed E-state index contributed by atoms with van der Waals surface area (Å²) in [6.07, 6.45) is 0.128. The number of thioether (sulfide) groups is 1. The Hall–Kier alpha value is -3.00. The van der Waals surface area contributed by atoms with Crippen LogP contribution in [0.1, 0.15) is 13.3 Å². The molecular formula is C21H23N3O4S. The molecule has 1 heterocycles. The molecule has 0 aromatic heterocycles. The molecule has 1 fully saturated rings. The Balaban J connectivity index is 1.71. The van der Waals surface area contributed by atoms with E-state index in [1.54, 1.807) is 17.0 Å². The number of primary amides is 1. The van der Waals surface area contributed by atoms with Gasteiger partial charge in [-0.15, -0.1) is 11.8 Å². The van der Waals surface area contributed by atoms with E-state index < -0.39 is 11.8 Å². The van der Waals surface area contributed by atoms with E-state index >= 15 is 0 Å². The summed E-state index contributed by atoms with van der Waals surface area (Å²) in [7, 11) is 0. The monoisotopic (exact) mass is 413 g/mol. The summed E-state index contributed by atoms with van der Waals surface area (Å²) in [4.78, 5) is 38.8. The van der Waals surface area contributed by atoms with Crippen molar-refractivity contribution < 1.29 is 19.1 Å². The minimum atomic E-state index is -0.480. The molecule has 8 heteroatoms. The molecule has 2 aromatic carbocycles. The molecule has 1 unspecified atom stereocenters. The van der Waals surface area contributed by atoms with Gasteiger partial charge in [0.05, 0.1) is 29.7 Å². The fourth-order valence-corrected chi connectivity index (χ4v) is 3.90. The quantitative estimate of drug-likeness (QED) is 0.648. The Morgan fingerprint density at radius 2 is 1.93 bits per heavy atom. The lowest BCUT2D eigenvalue weighted by atomic mass is 10.1. The van der Waals surface area contributed by atoms with Gasteiger partial charge in [0.15, 0.2) is 0 Å². The first-order valence-corrected chi connectivity index (χ1v) is 10.3. The molecule has 1 saturated heterocycles. The smallest absolute Gasteiger partial charge is 0.229 e. The van der Waals surface area contributed by atoms with E-state index in [9.17, 15) is 14.4 Å². The highest BCUT2D eigenvalue weighted by molar-refractivity contribution is 8.00. The van der Waals surface area contributed by atoms with Crippen LogP contribution < -0.4 is 20.7 Å². The van der Waals surface area contributed by atoms with Gasteiger partial charge in [-0.3, -0.25) is 14.4 Å². The molecule has 0 bridgehead atoms. The van der Waals surface area contributed by atoms with Gasteiger partial charge < -0.3 is 20.7 Å². The third-order valence-corrected chi connectivity index (χ3v) is 5.56. The molecule has 0 saturated carbocycles. The molecule has 3 amide bonds. The van der Waals surface area contributed by atoms with Crippen molar-refractivity contribution in [1.82, 2.24) is 0 Å². The van der Waals surface area contributed by atoms with Gasteiger partial charge in [0, 0.05) is 17.9 Å². The zero-order chi connectivity index (χ0) is 20.8. The van der Waals surface area contributed by atoms with Crippen molar-refractivity contribution in [3.8, 4) is 5.75 Å². The number of nitrogens with zero attached hydrogens (tertiary/aromatic N) is 1. The van der Waals surface area contributed by atoms with Crippen molar-refractivity contribution in [1.29, 1.82) is 0 Å². The van der Waals surface area contributed by atoms with Crippen LogP contribution in [0.15, 0.2) is 53.4 Å². The standard InChI is InChI=1S/C21H23N3O4S/c1-2-28-17-9-5-4-8-16(17)24-12-14(11-20(24)26)21(27)23-15-7-3-6-10-18(15)29-13-19(22)25/h3-10,14H,2,11-13H2,1H3,(H2,22,25)(H,23,27). The normalized spacial score (nSPS) is 16.0. The molecule has 2 aromatic rings. The van der Waals surface area contributed by atoms with Crippen LogP contribution >= 0.6 is 11.8 Å². The molecule has 29 heavy (non-hydrogen) atoms. The van der Waals surface area contributed by atoms with Crippen LogP contribution in [0.4, 0.5) is 11.4 Å². The number of amides is 3. The lowest BCUT2D eigenvalue weighted by Crippen LogP contribution is -2.28. The highest BCUT2D eigenvalue weighted by atomic mass is 32.2. The molecule has 3 rings (SSSR count). The molecule has 1 aliphatic rings. The van der Waals surface area contributed by atoms with E-state index in [1.165, 1.54) is 11.8 Å². The first-order chi connectivity index (χ1) is 14.0. The van der Waals surface area contributed by atoms with Crippen molar-refractivity contribution in [2.45, 2.75) is 18.2 Å². The van der Waals surface area contributed by atoms with Crippen LogP contribution in [0.2, 0.25) is 0 Å². The van der Waals surface area contributed by atoms with Gasteiger partial charge in [0.25, 0.3) is 0 Å². The zero-order valence-corrected chi connectivity index (χ0v) is 16.9. The molecule has 152 valence electrons. The second-order valence-corrected chi connectivity index (χ2v) is 7.56. The van der Waals surface area contributed by atoms with Crippen LogP contribution in [0.3, 0.4) is 0 Å². The Morgan fingerprint density at radius 3 is 2.69 bits per heavy atom. The maximum absolute atomic E-state index is 12.8. The fraction of sp³-hybridized carbons (Fsp3) is 0.286. The molecular weight excluding hydrogens is 390 g/mol. The van der Waals surface area contributed by atoms with Gasteiger partial charge in [-0.25, -0.2) is 0 Å². The van der Waals surface area contributed by atoms with Gasteiger partial charge in [-0.2, -0.15) is 0 Å². The highest BCUT2D eigenvalue weighted by Gasteiger charge is 2.36. The average Bonchev–Trinajstić information content (AvgIpc) is 3.09. The number of carbonyl (C=O) groups excluding carboxylic acids is 3. The topological polar surface area (TPSA) is 102 Å². The first kappa shape index (κ1) is 20.7. The summed E-state index contributed by atoms with van der Waals surface area (Å²) < 4.78 is 5.62. The first-order valence-electron chi connectivity index (χ1n) is 9.32. The van der Waals surface area contributed by atoms with Gasteiger partial charge in [-0.05, 0) is 31.2 Å².